The van der Waals surface area contributed by atoms with E-state index in [1.165, 1.54) is 23.1 Å². The molecule has 1 aliphatic heterocycles. The van der Waals surface area contributed by atoms with Gasteiger partial charge >= 0.3 is 0 Å². The molecule has 124 valence electrons. The molecule has 0 saturated carbocycles. The number of piperidine rings is 1. The zero-order valence-corrected chi connectivity index (χ0v) is 13.0. The molecule has 0 spiro atoms. The first-order chi connectivity index (χ1) is 11.6. The highest BCUT2D eigenvalue weighted by atomic mass is 19.1. The van der Waals surface area contributed by atoms with E-state index >= 15 is 0 Å². The van der Waals surface area contributed by atoms with Crippen LogP contribution in [0, 0.1) is 15.9 Å². The molecule has 0 N–H and O–H groups in total. The molecule has 5 nitrogen and oxygen atoms in total. The third-order valence-corrected chi connectivity index (χ3v) is 4.41. The summed E-state index contributed by atoms with van der Waals surface area (Å²) in [7, 11) is 0. The molecule has 1 saturated heterocycles. The van der Waals surface area contributed by atoms with Gasteiger partial charge in [-0.3, -0.25) is 14.9 Å². The highest BCUT2D eigenvalue weighted by molar-refractivity contribution is 5.78. The van der Waals surface area contributed by atoms with Gasteiger partial charge in [0, 0.05) is 17.9 Å². The van der Waals surface area contributed by atoms with Crippen molar-refractivity contribution in [2.24, 2.45) is 0 Å². The van der Waals surface area contributed by atoms with Crippen LogP contribution in [0.15, 0.2) is 54.6 Å². The van der Waals surface area contributed by atoms with Crippen molar-refractivity contribution in [3.8, 4) is 0 Å². The molecule has 24 heavy (non-hydrogen) atoms. The largest absolute Gasteiger partial charge is 0.331 e. The lowest BCUT2D eigenvalue weighted by Gasteiger charge is -2.34. The van der Waals surface area contributed by atoms with E-state index in [4.69, 9.17) is 0 Å². The highest BCUT2D eigenvalue weighted by Crippen LogP contribution is 2.32. The SMILES string of the molecule is O=C1CC(c2ccccc2F)[C@H]([N+](=O)[O-])CN1Cc1ccccc1. The van der Waals surface area contributed by atoms with Gasteiger partial charge < -0.3 is 4.90 Å². The number of amides is 1. The number of rotatable bonds is 4. The van der Waals surface area contributed by atoms with Crippen molar-refractivity contribution in [2.45, 2.75) is 24.9 Å². The first-order valence-corrected chi connectivity index (χ1v) is 7.76. The number of nitrogens with zero attached hydrogens (tertiary/aromatic N) is 2. The van der Waals surface area contributed by atoms with Gasteiger partial charge in [0.05, 0.1) is 12.5 Å². The van der Waals surface area contributed by atoms with Crippen molar-refractivity contribution >= 4 is 5.91 Å². The molecular weight excluding hydrogens is 311 g/mol. The van der Waals surface area contributed by atoms with Crippen molar-refractivity contribution in [1.82, 2.24) is 4.90 Å². The lowest BCUT2D eigenvalue weighted by molar-refractivity contribution is -0.528. The van der Waals surface area contributed by atoms with E-state index in [1.54, 1.807) is 6.07 Å². The number of carbonyl (C=O) groups excluding carboxylic acids is 1. The number of nitro groups is 1. The zero-order valence-electron chi connectivity index (χ0n) is 13.0. The summed E-state index contributed by atoms with van der Waals surface area (Å²) in [4.78, 5) is 25.0. The number of hydrogen-bond donors (Lipinski definition) is 0. The topological polar surface area (TPSA) is 63.4 Å². The normalized spacial score (nSPS) is 20.9. The summed E-state index contributed by atoms with van der Waals surface area (Å²) in [5.74, 6) is -1.43. The maximum absolute atomic E-state index is 14.0. The molecule has 1 heterocycles. The second-order valence-electron chi connectivity index (χ2n) is 5.94. The fourth-order valence-corrected chi connectivity index (χ4v) is 3.17. The Hall–Kier alpha value is -2.76. The summed E-state index contributed by atoms with van der Waals surface area (Å²) in [6.45, 7) is 0.313. The average Bonchev–Trinajstić information content (AvgIpc) is 2.57. The van der Waals surface area contributed by atoms with Crippen LogP contribution in [0.1, 0.15) is 23.5 Å². The van der Waals surface area contributed by atoms with Crippen molar-refractivity contribution < 1.29 is 14.1 Å². The predicted molar refractivity (Wildman–Crippen MR) is 86.4 cm³/mol. The summed E-state index contributed by atoms with van der Waals surface area (Å²) in [6, 6.07) is 14.3. The van der Waals surface area contributed by atoms with Crippen LogP contribution >= 0.6 is 0 Å². The van der Waals surface area contributed by atoms with Crippen molar-refractivity contribution in [2.75, 3.05) is 6.54 Å². The second-order valence-corrected chi connectivity index (χ2v) is 5.94. The fraction of sp³-hybridized carbons (Fsp3) is 0.278. The monoisotopic (exact) mass is 328 g/mol. The maximum atomic E-state index is 14.0. The standard InChI is InChI=1S/C18H17FN2O3/c19-16-9-5-4-8-14(16)15-10-18(22)20(12-17(15)21(23)24)11-13-6-2-1-3-7-13/h1-9,15,17H,10-12H2/t15?,17-/m1/s1. The number of likely N-dealkylation sites (tertiary alicyclic amines) is 1. The number of carbonyl (C=O) groups is 1. The third-order valence-electron chi connectivity index (χ3n) is 4.41. The van der Waals surface area contributed by atoms with Crippen LogP contribution in [-0.4, -0.2) is 28.3 Å². The van der Waals surface area contributed by atoms with Gasteiger partial charge in [0.1, 0.15) is 5.82 Å². The Bertz CT molecular complexity index is 751. The van der Waals surface area contributed by atoms with E-state index in [0.717, 1.165) is 5.56 Å². The molecule has 2 aromatic carbocycles. The molecular formula is C18H17FN2O3. The molecule has 0 aromatic heterocycles. The van der Waals surface area contributed by atoms with Gasteiger partial charge in [0.15, 0.2) is 0 Å². The van der Waals surface area contributed by atoms with Crippen LogP contribution in [0.3, 0.4) is 0 Å². The minimum absolute atomic E-state index is 0.0142. The Morgan fingerprint density at radius 2 is 1.79 bits per heavy atom. The van der Waals surface area contributed by atoms with Crippen molar-refractivity contribution in [1.29, 1.82) is 0 Å². The molecule has 1 fully saturated rings. The zero-order chi connectivity index (χ0) is 17.1. The number of hydrogen-bond acceptors (Lipinski definition) is 3. The lowest BCUT2D eigenvalue weighted by Crippen LogP contribution is -2.49. The van der Waals surface area contributed by atoms with E-state index in [1.807, 2.05) is 30.3 Å². The van der Waals surface area contributed by atoms with Gasteiger partial charge in [-0.1, -0.05) is 48.5 Å². The number of halogens is 1. The quantitative estimate of drug-likeness (QED) is 0.640. The molecule has 2 atom stereocenters. The molecule has 3 rings (SSSR count). The molecule has 1 unspecified atom stereocenters. The first kappa shape index (κ1) is 16.1. The summed E-state index contributed by atoms with van der Waals surface area (Å²) in [6.07, 6.45) is -0.0561. The molecule has 6 heteroatoms. The predicted octanol–water partition coefficient (Wildman–Crippen LogP) is 2.99. The Morgan fingerprint density at radius 1 is 1.12 bits per heavy atom. The summed E-state index contributed by atoms with van der Waals surface area (Å²) in [5, 5.41) is 11.5. The number of benzene rings is 2. The van der Waals surface area contributed by atoms with Crippen molar-refractivity contribution in [3.63, 3.8) is 0 Å². The van der Waals surface area contributed by atoms with Crippen molar-refractivity contribution in [3.05, 3.63) is 81.7 Å². The second kappa shape index (κ2) is 6.78. The van der Waals surface area contributed by atoms with Crippen LogP contribution < -0.4 is 0 Å². The Labute approximate surface area is 138 Å². The van der Waals surface area contributed by atoms with E-state index in [0.29, 0.717) is 6.54 Å². The molecule has 0 bridgehead atoms. The molecule has 1 aliphatic rings. The Kier molecular flexibility index (Phi) is 4.55. The average molecular weight is 328 g/mol. The molecule has 1 amide bonds. The summed E-state index contributed by atoms with van der Waals surface area (Å²) >= 11 is 0. The lowest BCUT2D eigenvalue weighted by atomic mass is 9.84. The van der Waals surface area contributed by atoms with Gasteiger partial charge in [-0.25, -0.2) is 4.39 Å². The third kappa shape index (κ3) is 3.27. The van der Waals surface area contributed by atoms with Crippen LogP contribution in [0.4, 0.5) is 4.39 Å². The van der Waals surface area contributed by atoms with E-state index in [-0.39, 0.29) is 24.4 Å². The summed E-state index contributed by atoms with van der Waals surface area (Å²) in [5.41, 5.74) is 1.16. The fourth-order valence-electron chi connectivity index (χ4n) is 3.17. The molecule has 2 aromatic rings. The highest BCUT2D eigenvalue weighted by Gasteiger charge is 2.43. The van der Waals surface area contributed by atoms with E-state index < -0.39 is 22.7 Å². The van der Waals surface area contributed by atoms with Gasteiger partial charge in [0.2, 0.25) is 11.9 Å². The van der Waals surface area contributed by atoms with Crippen LogP contribution in [0.5, 0.6) is 0 Å². The molecule has 0 radical (unpaired) electrons. The van der Waals surface area contributed by atoms with Gasteiger partial charge in [0.25, 0.3) is 0 Å². The smallest absolute Gasteiger partial charge is 0.237 e. The van der Waals surface area contributed by atoms with Crippen LogP contribution in [-0.2, 0) is 11.3 Å². The minimum atomic E-state index is -1.01. The van der Waals surface area contributed by atoms with Gasteiger partial charge in [-0.05, 0) is 17.2 Å². The van der Waals surface area contributed by atoms with Gasteiger partial charge in [-0.15, -0.1) is 0 Å². The van der Waals surface area contributed by atoms with E-state index in [2.05, 4.69) is 0 Å². The Balaban J connectivity index is 1.84. The molecule has 0 aliphatic carbocycles. The first-order valence-electron chi connectivity index (χ1n) is 7.76. The van der Waals surface area contributed by atoms with Crippen LogP contribution in [0.25, 0.3) is 0 Å². The van der Waals surface area contributed by atoms with E-state index in [9.17, 15) is 19.3 Å². The summed E-state index contributed by atoms with van der Waals surface area (Å²) < 4.78 is 14.0. The Morgan fingerprint density at radius 3 is 2.46 bits per heavy atom. The maximum Gasteiger partial charge on any atom is 0.237 e. The van der Waals surface area contributed by atoms with Crippen LogP contribution in [0.2, 0.25) is 0 Å². The minimum Gasteiger partial charge on any atom is -0.331 e. The van der Waals surface area contributed by atoms with Gasteiger partial charge in [-0.2, -0.15) is 0 Å².